The summed E-state index contributed by atoms with van der Waals surface area (Å²) in [7, 11) is 0. The molecule has 0 bridgehead atoms. The van der Waals surface area contributed by atoms with Gasteiger partial charge in [-0.15, -0.1) is 0 Å². The number of hydrogen-bond donors (Lipinski definition) is 2. The van der Waals surface area contributed by atoms with Crippen molar-refractivity contribution in [3.8, 4) is 0 Å². The van der Waals surface area contributed by atoms with E-state index in [-0.39, 0.29) is 0 Å². The number of nitrogens with one attached hydrogen (secondary N) is 1. The van der Waals surface area contributed by atoms with Crippen molar-refractivity contribution in [1.82, 2.24) is 5.48 Å². The van der Waals surface area contributed by atoms with Gasteiger partial charge >= 0.3 is 0 Å². The van der Waals surface area contributed by atoms with E-state index in [0.29, 0.717) is 5.84 Å². The van der Waals surface area contributed by atoms with Crippen molar-refractivity contribution in [2.45, 2.75) is 0 Å². The highest BCUT2D eigenvalue weighted by molar-refractivity contribution is 6.02. The Bertz CT molecular complexity index is 746. The second kappa shape index (κ2) is 5.55. The Morgan fingerprint density at radius 1 is 0.800 bits per heavy atom. The minimum absolute atomic E-state index is 0.432. The van der Waals surface area contributed by atoms with Crippen LogP contribution < -0.4 is 5.48 Å². The van der Waals surface area contributed by atoms with Crippen LogP contribution in [0.4, 0.5) is 5.69 Å². The third kappa shape index (κ3) is 2.39. The predicted octanol–water partition coefficient (Wildman–Crippen LogP) is 3.90. The maximum atomic E-state index is 9.33. The van der Waals surface area contributed by atoms with E-state index in [2.05, 4.69) is 10.5 Å². The molecule has 0 unspecified atom stereocenters. The summed E-state index contributed by atoms with van der Waals surface area (Å²) in [6, 6.07) is 23.5. The highest BCUT2D eigenvalue weighted by Crippen LogP contribution is 2.26. The van der Waals surface area contributed by atoms with E-state index >= 15 is 0 Å². The van der Waals surface area contributed by atoms with Gasteiger partial charge in [-0.3, -0.25) is 10.7 Å². The molecule has 0 amide bonds. The van der Waals surface area contributed by atoms with Gasteiger partial charge in [0.15, 0.2) is 5.84 Å². The van der Waals surface area contributed by atoms with Gasteiger partial charge < -0.3 is 0 Å². The maximum absolute atomic E-state index is 9.33. The van der Waals surface area contributed by atoms with E-state index in [1.54, 1.807) is 0 Å². The molecule has 3 heteroatoms. The summed E-state index contributed by atoms with van der Waals surface area (Å²) in [5.74, 6) is 0.432. The summed E-state index contributed by atoms with van der Waals surface area (Å²) in [4.78, 5) is 4.53. The first-order valence-corrected chi connectivity index (χ1v) is 6.40. The SMILES string of the molecule is ONC(=Nc1cccc2ccccc12)c1ccccc1. The Hall–Kier alpha value is -2.65. The lowest BCUT2D eigenvalue weighted by molar-refractivity contribution is 0.235. The van der Waals surface area contributed by atoms with Gasteiger partial charge in [0.25, 0.3) is 0 Å². The predicted molar refractivity (Wildman–Crippen MR) is 81.5 cm³/mol. The molecule has 0 aliphatic rings. The van der Waals surface area contributed by atoms with Crippen molar-refractivity contribution < 1.29 is 5.21 Å². The lowest BCUT2D eigenvalue weighted by atomic mass is 10.1. The van der Waals surface area contributed by atoms with Crippen LogP contribution >= 0.6 is 0 Å². The van der Waals surface area contributed by atoms with Crippen molar-refractivity contribution in [1.29, 1.82) is 0 Å². The minimum atomic E-state index is 0.432. The van der Waals surface area contributed by atoms with Crippen LogP contribution in [0.15, 0.2) is 77.8 Å². The molecular weight excluding hydrogens is 248 g/mol. The molecule has 0 aliphatic heterocycles. The van der Waals surface area contributed by atoms with Gasteiger partial charge in [0.1, 0.15) is 0 Å². The van der Waals surface area contributed by atoms with Crippen molar-refractivity contribution in [3.63, 3.8) is 0 Å². The van der Waals surface area contributed by atoms with Gasteiger partial charge in [-0.25, -0.2) is 4.99 Å². The summed E-state index contributed by atoms with van der Waals surface area (Å²) in [6.45, 7) is 0. The van der Waals surface area contributed by atoms with E-state index in [4.69, 9.17) is 0 Å². The zero-order valence-corrected chi connectivity index (χ0v) is 10.8. The van der Waals surface area contributed by atoms with Gasteiger partial charge in [0.2, 0.25) is 0 Å². The topological polar surface area (TPSA) is 44.6 Å². The smallest absolute Gasteiger partial charge is 0.157 e. The van der Waals surface area contributed by atoms with Gasteiger partial charge in [-0.05, 0) is 11.5 Å². The molecule has 0 aliphatic carbocycles. The number of hydrogen-bond acceptors (Lipinski definition) is 2. The molecule has 0 heterocycles. The number of aliphatic imine (C=N–C) groups is 1. The minimum Gasteiger partial charge on any atom is -0.290 e. The molecule has 3 aromatic rings. The highest BCUT2D eigenvalue weighted by atomic mass is 16.5. The third-order valence-electron chi connectivity index (χ3n) is 3.15. The Labute approximate surface area is 117 Å². The molecule has 0 aromatic heterocycles. The molecule has 0 saturated carbocycles. The summed E-state index contributed by atoms with van der Waals surface area (Å²) < 4.78 is 0. The second-order valence-corrected chi connectivity index (χ2v) is 4.44. The molecule has 3 rings (SSSR count). The van der Waals surface area contributed by atoms with Crippen LogP contribution in [-0.4, -0.2) is 11.0 Å². The van der Waals surface area contributed by atoms with E-state index in [9.17, 15) is 5.21 Å². The summed E-state index contributed by atoms with van der Waals surface area (Å²) in [5, 5.41) is 11.5. The van der Waals surface area contributed by atoms with Gasteiger partial charge in [0.05, 0.1) is 5.69 Å². The van der Waals surface area contributed by atoms with Crippen LogP contribution in [0, 0.1) is 0 Å². The number of benzene rings is 3. The van der Waals surface area contributed by atoms with Crippen LogP contribution in [0.25, 0.3) is 10.8 Å². The summed E-state index contributed by atoms with van der Waals surface area (Å²) in [5.41, 5.74) is 3.84. The fourth-order valence-corrected chi connectivity index (χ4v) is 2.18. The normalized spacial score (nSPS) is 11.6. The van der Waals surface area contributed by atoms with E-state index in [1.165, 1.54) is 0 Å². The molecule has 3 nitrogen and oxygen atoms in total. The number of rotatable bonds is 2. The lowest BCUT2D eigenvalue weighted by Gasteiger charge is -2.06. The highest BCUT2D eigenvalue weighted by Gasteiger charge is 2.04. The third-order valence-corrected chi connectivity index (χ3v) is 3.15. The van der Waals surface area contributed by atoms with Crippen LogP contribution in [0.2, 0.25) is 0 Å². The Balaban J connectivity index is 2.13. The van der Waals surface area contributed by atoms with E-state index in [0.717, 1.165) is 22.0 Å². The number of hydroxylamine groups is 1. The molecular formula is C17H14N2O. The number of nitrogens with zero attached hydrogens (tertiary/aromatic N) is 1. The first-order chi connectivity index (χ1) is 9.88. The standard InChI is InChI=1S/C17H14N2O/c20-19-17(14-8-2-1-3-9-14)18-16-12-6-10-13-7-4-5-11-15(13)16/h1-12,20H,(H,18,19). The summed E-state index contributed by atoms with van der Waals surface area (Å²) in [6.07, 6.45) is 0. The molecule has 98 valence electrons. The Kier molecular flexibility index (Phi) is 3.44. The Morgan fingerprint density at radius 2 is 1.50 bits per heavy atom. The van der Waals surface area contributed by atoms with Crippen LogP contribution in [0.1, 0.15) is 5.56 Å². The quantitative estimate of drug-likeness (QED) is 0.418. The zero-order chi connectivity index (χ0) is 13.8. The molecule has 0 atom stereocenters. The number of fused-ring (bicyclic) bond motifs is 1. The molecule has 0 fully saturated rings. The zero-order valence-electron chi connectivity index (χ0n) is 10.8. The van der Waals surface area contributed by atoms with Gasteiger partial charge in [-0.2, -0.15) is 0 Å². The summed E-state index contributed by atoms with van der Waals surface area (Å²) >= 11 is 0. The van der Waals surface area contributed by atoms with Crippen molar-refractivity contribution in [2.75, 3.05) is 0 Å². The van der Waals surface area contributed by atoms with Crippen molar-refractivity contribution >= 4 is 22.3 Å². The van der Waals surface area contributed by atoms with Gasteiger partial charge in [-0.1, -0.05) is 66.7 Å². The second-order valence-electron chi connectivity index (χ2n) is 4.44. The fourth-order valence-electron chi connectivity index (χ4n) is 2.18. The van der Waals surface area contributed by atoms with Crippen LogP contribution in [0.3, 0.4) is 0 Å². The first-order valence-electron chi connectivity index (χ1n) is 6.40. The fraction of sp³-hybridized carbons (Fsp3) is 0. The Morgan fingerprint density at radius 3 is 2.30 bits per heavy atom. The molecule has 0 saturated heterocycles. The average molecular weight is 262 g/mol. The van der Waals surface area contributed by atoms with Gasteiger partial charge in [0, 0.05) is 10.9 Å². The number of amidine groups is 1. The van der Waals surface area contributed by atoms with Crippen LogP contribution in [-0.2, 0) is 0 Å². The first kappa shape index (κ1) is 12.4. The average Bonchev–Trinajstić information content (AvgIpc) is 2.53. The van der Waals surface area contributed by atoms with Crippen LogP contribution in [0.5, 0.6) is 0 Å². The van der Waals surface area contributed by atoms with E-state index < -0.39 is 0 Å². The molecule has 3 aromatic carbocycles. The van der Waals surface area contributed by atoms with E-state index in [1.807, 2.05) is 72.8 Å². The maximum Gasteiger partial charge on any atom is 0.157 e. The largest absolute Gasteiger partial charge is 0.290 e. The monoisotopic (exact) mass is 262 g/mol. The lowest BCUT2D eigenvalue weighted by Crippen LogP contribution is -2.19. The molecule has 2 N–H and O–H groups in total. The molecule has 20 heavy (non-hydrogen) atoms. The molecule has 0 spiro atoms. The van der Waals surface area contributed by atoms with Crippen molar-refractivity contribution in [3.05, 3.63) is 78.4 Å². The van der Waals surface area contributed by atoms with Crippen molar-refractivity contribution in [2.24, 2.45) is 4.99 Å². The molecule has 0 radical (unpaired) electrons.